The van der Waals surface area contributed by atoms with Gasteiger partial charge in [-0.15, -0.1) is 0 Å². The third-order valence-corrected chi connectivity index (χ3v) is 3.58. The normalized spacial score (nSPS) is 13.4. The van der Waals surface area contributed by atoms with Gasteiger partial charge in [0.15, 0.2) is 6.04 Å². The number of thioether (sulfide) groups is 1. The first kappa shape index (κ1) is 15.4. The molecule has 0 fully saturated rings. The minimum atomic E-state index is -1.08. The summed E-state index contributed by atoms with van der Waals surface area (Å²) in [6, 6.07) is 7.10. The summed E-state index contributed by atoms with van der Waals surface area (Å²) in [6.45, 7) is 2.48. The highest BCUT2D eigenvalue weighted by molar-refractivity contribution is 7.99. The molecule has 1 aromatic rings. The van der Waals surface area contributed by atoms with Gasteiger partial charge < -0.3 is 15.7 Å². The molecule has 0 aliphatic carbocycles. The van der Waals surface area contributed by atoms with Crippen LogP contribution in [0.5, 0.6) is 0 Å². The zero-order chi connectivity index (χ0) is 14.3. The molecular weight excluding hydrogens is 264 g/mol. The van der Waals surface area contributed by atoms with Gasteiger partial charge in [0.2, 0.25) is 0 Å². The van der Waals surface area contributed by atoms with Gasteiger partial charge in [0.25, 0.3) is 0 Å². The van der Waals surface area contributed by atoms with E-state index in [0.29, 0.717) is 12.1 Å². The van der Waals surface area contributed by atoms with Crippen molar-refractivity contribution in [1.29, 1.82) is 0 Å². The highest BCUT2D eigenvalue weighted by atomic mass is 32.2. The fourth-order valence-electron chi connectivity index (χ4n) is 1.44. The van der Waals surface area contributed by atoms with Gasteiger partial charge in [-0.1, -0.05) is 37.3 Å². The predicted molar refractivity (Wildman–Crippen MR) is 76.3 cm³/mol. The number of benzene rings is 1. The number of carbonyl (C=O) groups is 2. The molecule has 0 spiro atoms. The van der Waals surface area contributed by atoms with Crippen LogP contribution in [-0.2, 0) is 4.79 Å². The smallest absolute Gasteiger partial charge is 0.330 e. The molecular formula is C13H18N2O3S. The number of nitrogens with one attached hydrogen (secondary N) is 2. The number of amides is 2. The quantitative estimate of drug-likeness (QED) is 0.744. The summed E-state index contributed by atoms with van der Waals surface area (Å²) in [4.78, 5) is 22.8. The van der Waals surface area contributed by atoms with Crippen LogP contribution in [0.4, 0.5) is 4.79 Å². The summed E-state index contributed by atoms with van der Waals surface area (Å²) < 4.78 is 0. The maximum absolute atomic E-state index is 11.7. The molecule has 1 rings (SSSR count). The van der Waals surface area contributed by atoms with Gasteiger partial charge in [0.1, 0.15) is 0 Å². The van der Waals surface area contributed by atoms with Gasteiger partial charge in [-0.25, -0.2) is 9.59 Å². The lowest BCUT2D eigenvalue weighted by molar-refractivity contribution is -0.139. The lowest BCUT2D eigenvalue weighted by Crippen LogP contribution is -2.42. The molecule has 0 aliphatic rings. The summed E-state index contributed by atoms with van der Waals surface area (Å²) >= 11 is 1.63. The standard InChI is InChI=1S/C13H18N2O3S/c1-9(19-2)8-14-13(18)15-11(12(16)17)10-6-4-3-5-7-10/h3-7,9,11H,8H2,1-2H3,(H,16,17)(H2,14,15,18)/t9?,11-/m0/s1. The largest absolute Gasteiger partial charge is 0.479 e. The van der Waals surface area contributed by atoms with Crippen LogP contribution in [0.2, 0.25) is 0 Å². The number of rotatable bonds is 6. The molecule has 6 heteroatoms. The molecule has 1 aromatic carbocycles. The number of urea groups is 1. The molecule has 3 N–H and O–H groups in total. The summed E-state index contributed by atoms with van der Waals surface area (Å²) in [5, 5.41) is 14.5. The molecule has 0 aromatic heterocycles. The molecule has 19 heavy (non-hydrogen) atoms. The molecule has 104 valence electrons. The Balaban J connectivity index is 2.60. The Morgan fingerprint density at radius 2 is 1.95 bits per heavy atom. The van der Waals surface area contributed by atoms with Crippen molar-refractivity contribution in [2.45, 2.75) is 18.2 Å². The number of carboxylic acid groups (broad SMARTS) is 1. The molecule has 0 heterocycles. The van der Waals surface area contributed by atoms with E-state index in [4.69, 9.17) is 5.11 Å². The summed E-state index contributed by atoms with van der Waals surface area (Å²) in [5.41, 5.74) is 0.545. The summed E-state index contributed by atoms with van der Waals surface area (Å²) in [7, 11) is 0. The number of carboxylic acids is 1. The van der Waals surface area contributed by atoms with Crippen LogP contribution >= 0.6 is 11.8 Å². The van der Waals surface area contributed by atoms with Crippen molar-refractivity contribution in [3.05, 3.63) is 35.9 Å². The molecule has 2 amide bonds. The van der Waals surface area contributed by atoms with E-state index in [0.717, 1.165) is 0 Å². The Kier molecular flexibility index (Phi) is 6.21. The number of hydrogen-bond acceptors (Lipinski definition) is 3. The van der Waals surface area contributed by atoms with Crippen LogP contribution in [-0.4, -0.2) is 35.2 Å². The third kappa shape index (κ3) is 5.21. The topological polar surface area (TPSA) is 78.4 Å². The molecule has 0 saturated heterocycles. The van der Waals surface area contributed by atoms with Crippen molar-refractivity contribution in [3.8, 4) is 0 Å². The molecule has 0 bridgehead atoms. The highest BCUT2D eigenvalue weighted by Crippen LogP contribution is 2.12. The first-order valence-electron chi connectivity index (χ1n) is 5.89. The van der Waals surface area contributed by atoms with Gasteiger partial charge in [-0.05, 0) is 11.8 Å². The molecule has 2 atom stereocenters. The zero-order valence-corrected chi connectivity index (χ0v) is 11.7. The van der Waals surface area contributed by atoms with Gasteiger partial charge in [-0.3, -0.25) is 0 Å². The Labute approximate surface area is 116 Å². The van der Waals surface area contributed by atoms with Crippen LogP contribution in [0.15, 0.2) is 30.3 Å². The summed E-state index contributed by atoms with van der Waals surface area (Å²) in [5.74, 6) is -1.08. The highest BCUT2D eigenvalue weighted by Gasteiger charge is 2.21. The zero-order valence-electron chi connectivity index (χ0n) is 10.9. The van der Waals surface area contributed by atoms with E-state index >= 15 is 0 Å². The van der Waals surface area contributed by atoms with Gasteiger partial charge >= 0.3 is 12.0 Å². The van der Waals surface area contributed by atoms with Crippen molar-refractivity contribution in [2.75, 3.05) is 12.8 Å². The third-order valence-electron chi connectivity index (χ3n) is 2.61. The number of aliphatic carboxylic acids is 1. The average Bonchev–Trinajstić information content (AvgIpc) is 2.42. The van der Waals surface area contributed by atoms with E-state index in [1.165, 1.54) is 0 Å². The number of hydrogen-bond donors (Lipinski definition) is 3. The predicted octanol–water partition coefficient (Wildman–Crippen LogP) is 1.86. The minimum Gasteiger partial charge on any atom is -0.479 e. The van der Waals surface area contributed by atoms with Gasteiger partial charge in [-0.2, -0.15) is 11.8 Å². The van der Waals surface area contributed by atoms with Crippen LogP contribution < -0.4 is 10.6 Å². The SMILES string of the molecule is CSC(C)CNC(=O)N[C@H](C(=O)O)c1ccccc1. The van der Waals surface area contributed by atoms with Crippen molar-refractivity contribution < 1.29 is 14.7 Å². The molecule has 0 radical (unpaired) electrons. The van der Waals surface area contributed by atoms with Crippen LogP contribution in [0.25, 0.3) is 0 Å². The van der Waals surface area contributed by atoms with Gasteiger partial charge in [0, 0.05) is 11.8 Å². The second kappa shape index (κ2) is 7.68. The first-order chi connectivity index (χ1) is 9.04. The average molecular weight is 282 g/mol. The van der Waals surface area contributed by atoms with Crippen molar-refractivity contribution in [2.24, 2.45) is 0 Å². The van der Waals surface area contributed by atoms with Crippen molar-refractivity contribution in [3.63, 3.8) is 0 Å². The Hall–Kier alpha value is -1.69. The van der Waals surface area contributed by atoms with Gasteiger partial charge in [0.05, 0.1) is 0 Å². The van der Waals surface area contributed by atoms with E-state index in [1.54, 1.807) is 42.1 Å². The van der Waals surface area contributed by atoms with E-state index in [-0.39, 0.29) is 5.25 Å². The van der Waals surface area contributed by atoms with Crippen LogP contribution in [0.1, 0.15) is 18.5 Å². The maximum Gasteiger partial charge on any atom is 0.330 e. The van der Waals surface area contributed by atoms with E-state index in [2.05, 4.69) is 10.6 Å². The maximum atomic E-state index is 11.7. The van der Waals surface area contributed by atoms with Crippen molar-refractivity contribution >= 4 is 23.8 Å². The Morgan fingerprint density at radius 3 is 2.47 bits per heavy atom. The van der Waals surface area contributed by atoms with E-state index in [1.807, 2.05) is 13.2 Å². The number of carbonyl (C=O) groups excluding carboxylic acids is 1. The molecule has 1 unspecified atom stereocenters. The first-order valence-corrected chi connectivity index (χ1v) is 7.18. The van der Waals surface area contributed by atoms with Crippen LogP contribution in [0, 0.1) is 0 Å². The minimum absolute atomic E-state index is 0.283. The fraction of sp³-hybridized carbons (Fsp3) is 0.385. The van der Waals surface area contributed by atoms with Crippen LogP contribution in [0.3, 0.4) is 0 Å². The summed E-state index contributed by atoms with van der Waals surface area (Å²) in [6.07, 6.45) is 1.95. The Morgan fingerprint density at radius 1 is 1.32 bits per heavy atom. The molecule has 0 aliphatic heterocycles. The lowest BCUT2D eigenvalue weighted by atomic mass is 10.1. The Bertz CT molecular complexity index is 425. The molecule has 5 nitrogen and oxygen atoms in total. The van der Waals surface area contributed by atoms with Crippen molar-refractivity contribution in [1.82, 2.24) is 10.6 Å². The van der Waals surface area contributed by atoms with E-state index in [9.17, 15) is 9.59 Å². The monoisotopic (exact) mass is 282 g/mol. The molecule has 0 saturated carbocycles. The fourth-order valence-corrected chi connectivity index (χ4v) is 1.69. The lowest BCUT2D eigenvalue weighted by Gasteiger charge is -2.16. The second-order valence-corrected chi connectivity index (χ2v) is 5.36. The van der Waals surface area contributed by atoms with E-state index < -0.39 is 18.0 Å². The second-order valence-electron chi connectivity index (χ2n) is 4.08.